The molecule has 0 spiro atoms. The first kappa shape index (κ1) is 14.6. The van der Waals surface area contributed by atoms with Crippen molar-refractivity contribution >= 4 is 27.3 Å². The van der Waals surface area contributed by atoms with Gasteiger partial charge >= 0.3 is 0 Å². The second-order valence-electron chi connectivity index (χ2n) is 4.76. The maximum Gasteiger partial charge on any atom is 0.119 e. The molecular formula is C16H19BrOS. The van der Waals surface area contributed by atoms with Gasteiger partial charge in [-0.3, -0.25) is 0 Å². The normalized spacial score (nSPS) is 12.7. The van der Waals surface area contributed by atoms with Crippen LogP contribution in [-0.4, -0.2) is 6.10 Å². The van der Waals surface area contributed by atoms with Crippen LogP contribution in [0.1, 0.15) is 41.6 Å². The minimum atomic E-state index is 0.217. The lowest BCUT2D eigenvalue weighted by Gasteiger charge is -2.13. The molecule has 2 rings (SSSR count). The molecule has 1 aromatic carbocycles. The van der Waals surface area contributed by atoms with E-state index in [-0.39, 0.29) is 10.9 Å². The molecule has 0 N–H and O–H groups in total. The molecule has 0 saturated heterocycles. The third kappa shape index (κ3) is 3.61. The van der Waals surface area contributed by atoms with E-state index in [0.29, 0.717) is 0 Å². The molecule has 0 aliphatic heterocycles. The Morgan fingerprint density at radius 3 is 2.42 bits per heavy atom. The third-order valence-corrected chi connectivity index (χ3v) is 5.25. The van der Waals surface area contributed by atoms with Gasteiger partial charge in [0, 0.05) is 4.88 Å². The van der Waals surface area contributed by atoms with Crippen LogP contribution in [0.4, 0.5) is 0 Å². The van der Waals surface area contributed by atoms with Gasteiger partial charge < -0.3 is 4.74 Å². The van der Waals surface area contributed by atoms with Gasteiger partial charge in [0.15, 0.2) is 0 Å². The summed E-state index contributed by atoms with van der Waals surface area (Å²) in [5.41, 5.74) is 2.70. The zero-order valence-corrected chi connectivity index (χ0v) is 13.9. The van der Waals surface area contributed by atoms with Crippen LogP contribution in [-0.2, 0) is 6.42 Å². The molecule has 1 nitrogen and oxygen atoms in total. The Kier molecular flexibility index (Phi) is 5.06. The SMILES string of the molecule is CCc1ccsc1C(Br)c1ccc(OC(C)C)cc1. The molecule has 0 radical (unpaired) electrons. The molecule has 2 aromatic rings. The number of rotatable bonds is 5. The van der Waals surface area contributed by atoms with Gasteiger partial charge in [0.1, 0.15) is 5.75 Å². The Bertz CT molecular complexity index is 516. The summed E-state index contributed by atoms with van der Waals surface area (Å²) in [6.07, 6.45) is 1.30. The molecule has 102 valence electrons. The van der Waals surface area contributed by atoms with Crippen LogP contribution >= 0.6 is 27.3 Å². The lowest BCUT2D eigenvalue weighted by Crippen LogP contribution is -2.05. The minimum absolute atomic E-state index is 0.217. The van der Waals surface area contributed by atoms with Gasteiger partial charge in [0.25, 0.3) is 0 Å². The summed E-state index contributed by atoms with van der Waals surface area (Å²) in [6, 6.07) is 10.6. The molecule has 1 aromatic heterocycles. The van der Waals surface area contributed by atoms with E-state index in [1.807, 2.05) is 37.3 Å². The summed E-state index contributed by atoms with van der Waals surface area (Å²) < 4.78 is 5.67. The van der Waals surface area contributed by atoms with E-state index in [1.165, 1.54) is 16.0 Å². The third-order valence-electron chi connectivity index (χ3n) is 2.94. The number of aryl methyl sites for hydroxylation is 1. The Morgan fingerprint density at radius 2 is 1.84 bits per heavy atom. The molecule has 1 unspecified atom stereocenters. The fraction of sp³-hybridized carbons (Fsp3) is 0.375. The molecule has 0 fully saturated rings. The molecule has 0 saturated carbocycles. The zero-order chi connectivity index (χ0) is 13.8. The van der Waals surface area contributed by atoms with Gasteiger partial charge in [-0.2, -0.15) is 0 Å². The van der Waals surface area contributed by atoms with E-state index in [1.54, 1.807) is 0 Å². The minimum Gasteiger partial charge on any atom is -0.491 e. The van der Waals surface area contributed by atoms with Crippen molar-refractivity contribution in [3.8, 4) is 5.75 Å². The summed E-state index contributed by atoms with van der Waals surface area (Å²) in [6.45, 7) is 6.28. The number of thiophene rings is 1. The summed E-state index contributed by atoms with van der Waals surface area (Å²) in [5, 5.41) is 2.17. The van der Waals surface area contributed by atoms with Crippen LogP contribution in [0.5, 0.6) is 5.75 Å². The summed E-state index contributed by atoms with van der Waals surface area (Å²) in [5.74, 6) is 0.931. The quantitative estimate of drug-likeness (QED) is 0.646. The van der Waals surface area contributed by atoms with Gasteiger partial charge in [-0.1, -0.05) is 35.0 Å². The average Bonchev–Trinajstić information content (AvgIpc) is 2.86. The number of hydrogen-bond donors (Lipinski definition) is 0. The van der Waals surface area contributed by atoms with E-state index in [2.05, 4.69) is 46.4 Å². The predicted octanol–water partition coefficient (Wildman–Crippen LogP) is 5.58. The lowest BCUT2D eigenvalue weighted by molar-refractivity contribution is 0.242. The second kappa shape index (κ2) is 6.58. The molecule has 0 aliphatic carbocycles. The fourth-order valence-corrected chi connectivity index (χ4v) is 3.92. The number of alkyl halides is 1. The Morgan fingerprint density at radius 1 is 1.16 bits per heavy atom. The van der Waals surface area contributed by atoms with Gasteiger partial charge in [0.2, 0.25) is 0 Å². The summed E-state index contributed by atoms with van der Waals surface area (Å²) in [4.78, 5) is 1.68. The number of halogens is 1. The molecular weight excluding hydrogens is 320 g/mol. The van der Waals surface area contributed by atoms with Crippen molar-refractivity contribution in [3.63, 3.8) is 0 Å². The van der Waals surface area contributed by atoms with Crippen molar-refractivity contribution in [1.29, 1.82) is 0 Å². The predicted molar refractivity (Wildman–Crippen MR) is 86.7 cm³/mol. The Hall–Kier alpha value is -0.800. The number of ether oxygens (including phenoxy) is 1. The van der Waals surface area contributed by atoms with Crippen LogP contribution in [0, 0.1) is 0 Å². The van der Waals surface area contributed by atoms with Crippen molar-refractivity contribution in [2.24, 2.45) is 0 Å². The highest BCUT2D eigenvalue weighted by Crippen LogP contribution is 2.37. The first-order chi connectivity index (χ1) is 9.11. The molecule has 19 heavy (non-hydrogen) atoms. The standard InChI is InChI=1S/C16H19BrOS/c1-4-12-9-10-19-16(12)15(17)13-5-7-14(8-6-13)18-11(2)3/h5-11,15H,4H2,1-3H3. The Balaban J connectivity index is 2.18. The molecule has 0 aliphatic rings. The van der Waals surface area contributed by atoms with Crippen molar-refractivity contribution in [3.05, 3.63) is 51.7 Å². The zero-order valence-electron chi connectivity index (χ0n) is 11.5. The monoisotopic (exact) mass is 338 g/mol. The molecule has 3 heteroatoms. The van der Waals surface area contributed by atoms with Crippen molar-refractivity contribution < 1.29 is 4.74 Å². The van der Waals surface area contributed by atoms with Crippen LogP contribution < -0.4 is 4.74 Å². The fourth-order valence-electron chi connectivity index (χ4n) is 2.00. The van der Waals surface area contributed by atoms with E-state index in [9.17, 15) is 0 Å². The first-order valence-corrected chi connectivity index (χ1v) is 8.38. The molecule has 1 heterocycles. The van der Waals surface area contributed by atoms with E-state index in [4.69, 9.17) is 4.74 Å². The smallest absolute Gasteiger partial charge is 0.119 e. The maximum absolute atomic E-state index is 5.67. The summed E-state index contributed by atoms with van der Waals surface area (Å²) in [7, 11) is 0. The van der Waals surface area contributed by atoms with E-state index in [0.717, 1.165) is 12.2 Å². The first-order valence-electron chi connectivity index (χ1n) is 6.58. The van der Waals surface area contributed by atoms with Gasteiger partial charge in [0.05, 0.1) is 10.9 Å². The van der Waals surface area contributed by atoms with Gasteiger partial charge in [-0.05, 0) is 55.0 Å². The molecule has 0 amide bonds. The Labute approximate surface area is 127 Å². The van der Waals surface area contributed by atoms with Crippen LogP contribution in [0.15, 0.2) is 35.7 Å². The van der Waals surface area contributed by atoms with Crippen molar-refractivity contribution in [2.45, 2.75) is 38.1 Å². The lowest BCUT2D eigenvalue weighted by atomic mass is 10.1. The van der Waals surface area contributed by atoms with Crippen LogP contribution in [0.3, 0.4) is 0 Å². The van der Waals surface area contributed by atoms with Crippen molar-refractivity contribution in [1.82, 2.24) is 0 Å². The summed E-state index contributed by atoms with van der Waals surface area (Å²) >= 11 is 5.62. The highest BCUT2D eigenvalue weighted by atomic mass is 79.9. The number of benzene rings is 1. The topological polar surface area (TPSA) is 9.23 Å². The van der Waals surface area contributed by atoms with Gasteiger partial charge in [-0.25, -0.2) is 0 Å². The van der Waals surface area contributed by atoms with E-state index < -0.39 is 0 Å². The maximum atomic E-state index is 5.67. The second-order valence-corrected chi connectivity index (χ2v) is 6.63. The average molecular weight is 339 g/mol. The number of hydrogen-bond acceptors (Lipinski definition) is 2. The van der Waals surface area contributed by atoms with Crippen molar-refractivity contribution in [2.75, 3.05) is 0 Å². The largest absolute Gasteiger partial charge is 0.491 e. The van der Waals surface area contributed by atoms with Crippen LogP contribution in [0.25, 0.3) is 0 Å². The highest BCUT2D eigenvalue weighted by molar-refractivity contribution is 9.09. The van der Waals surface area contributed by atoms with Gasteiger partial charge in [-0.15, -0.1) is 11.3 Å². The van der Waals surface area contributed by atoms with E-state index >= 15 is 0 Å². The highest BCUT2D eigenvalue weighted by Gasteiger charge is 2.15. The van der Waals surface area contributed by atoms with Crippen LogP contribution in [0.2, 0.25) is 0 Å². The molecule has 1 atom stereocenters. The molecule has 0 bridgehead atoms.